The Morgan fingerprint density at radius 2 is 1.97 bits per heavy atom. The topological polar surface area (TPSA) is 73.5 Å². The fourth-order valence-corrected chi connectivity index (χ4v) is 4.24. The van der Waals surface area contributed by atoms with E-state index in [0.29, 0.717) is 21.5 Å². The molecule has 0 aliphatic heterocycles. The van der Waals surface area contributed by atoms with E-state index in [1.165, 1.54) is 17.4 Å². The molecule has 7 nitrogen and oxygen atoms in total. The number of rotatable bonds is 6. The summed E-state index contributed by atoms with van der Waals surface area (Å²) in [6.45, 7) is 8.12. The average Bonchev–Trinajstić information content (AvgIpc) is 3.42. The molecule has 4 aromatic rings. The van der Waals surface area contributed by atoms with E-state index in [-0.39, 0.29) is 18.4 Å². The first-order valence-electron chi connectivity index (χ1n) is 9.42. The van der Waals surface area contributed by atoms with Crippen LogP contribution >= 0.6 is 22.9 Å². The maximum absolute atomic E-state index is 14.2. The second-order valence-electron chi connectivity index (χ2n) is 7.17. The quantitative estimate of drug-likeness (QED) is 0.449. The van der Waals surface area contributed by atoms with E-state index in [1.54, 1.807) is 23.0 Å². The molecule has 0 saturated heterocycles. The summed E-state index contributed by atoms with van der Waals surface area (Å²) in [7, 11) is 0. The van der Waals surface area contributed by atoms with Crippen molar-refractivity contribution >= 4 is 33.9 Å². The summed E-state index contributed by atoms with van der Waals surface area (Å²) in [5.74, 6) is 0.253. The Morgan fingerprint density at radius 1 is 1.17 bits per heavy atom. The monoisotopic (exact) mass is 445 g/mol. The van der Waals surface area contributed by atoms with Gasteiger partial charge < -0.3 is 5.32 Å². The minimum atomic E-state index is -0.345. The molecule has 0 fully saturated rings. The lowest BCUT2D eigenvalue weighted by molar-refractivity contribution is 0.540. The molecule has 1 N–H and O–H groups in total. The van der Waals surface area contributed by atoms with Crippen LogP contribution in [-0.2, 0) is 6.54 Å². The van der Waals surface area contributed by atoms with E-state index < -0.39 is 0 Å². The van der Waals surface area contributed by atoms with Gasteiger partial charge in [0.2, 0.25) is 5.13 Å². The maximum atomic E-state index is 14.2. The van der Waals surface area contributed by atoms with Gasteiger partial charge in [-0.15, -0.1) is 10.2 Å². The van der Waals surface area contributed by atoms with E-state index in [9.17, 15) is 4.39 Å². The Kier molecular flexibility index (Phi) is 5.57. The molecule has 0 bridgehead atoms. The van der Waals surface area contributed by atoms with Crippen molar-refractivity contribution in [3.63, 3.8) is 0 Å². The number of nitrogens with one attached hydrogen (secondary N) is 1. The molecule has 0 radical (unpaired) electrons. The SMILES string of the molecule is Cc1cc(C)n(C(C)c2nnc(Nc3ccn(Cc4c(F)ccc(C)c4Cl)n3)s2)n1. The van der Waals surface area contributed by atoms with Crippen LogP contribution in [0.3, 0.4) is 0 Å². The molecule has 156 valence electrons. The number of anilines is 2. The molecule has 10 heteroatoms. The molecule has 3 aromatic heterocycles. The van der Waals surface area contributed by atoms with E-state index >= 15 is 0 Å². The number of halogens is 2. The van der Waals surface area contributed by atoms with E-state index in [4.69, 9.17) is 11.6 Å². The molecule has 3 heterocycles. The largest absolute Gasteiger partial charge is 0.313 e. The van der Waals surface area contributed by atoms with Crippen LogP contribution in [0.25, 0.3) is 0 Å². The van der Waals surface area contributed by atoms with Crippen LogP contribution in [0.5, 0.6) is 0 Å². The predicted octanol–water partition coefficient (Wildman–Crippen LogP) is 5.05. The summed E-state index contributed by atoms with van der Waals surface area (Å²) in [4.78, 5) is 0. The van der Waals surface area contributed by atoms with Crippen molar-refractivity contribution in [2.45, 2.75) is 40.3 Å². The predicted molar refractivity (Wildman–Crippen MR) is 116 cm³/mol. The number of nitrogens with zero attached hydrogens (tertiary/aromatic N) is 6. The molecule has 0 amide bonds. The molecule has 1 unspecified atom stereocenters. The second-order valence-corrected chi connectivity index (χ2v) is 8.56. The van der Waals surface area contributed by atoms with E-state index in [2.05, 4.69) is 25.7 Å². The molecule has 0 aliphatic rings. The highest BCUT2D eigenvalue weighted by Gasteiger charge is 2.17. The zero-order chi connectivity index (χ0) is 21.4. The van der Waals surface area contributed by atoms with Crippen LogP contribution in [0.15, 0.2) is 30.5 Å². The van der Waals surface area contributed by atoms with Gasteiger partial charge in [0.25, 0.3) is 0 Å². The van der Waals surface area contributed by atoms with Crippen molar-refractivity contribution in [3.05, 3.63) is 68.8 Å². The third kappa shape index (κ3) is 4.08. The van der Waals surface area contributed by atoms with Crippen molar-refractivity contribution in [2.75, 3.05) is 5.32 Å². The lowest BCUT2D eigenvalue weighted by atomic mass is 10.1. The van der Waals surface area contributed by atoms with E-state index in [0.717, 1.165) is 22.0 Å². The number of aryl methyl sites for hydroxylation is 3. The molecule has 0 aliphatic carbocycles. The van der Waals surface area contributed by atoms with E-state index in [1.807, 2.05) is 38.4 Å². The van der Waals surface area contributed by atoms with Crippen LogP contribution in [0.1, 0.15) is 40.5 Å². The van der Waals surface area contributed by atoms with Gasteiger partial charge in [0.1, 0.15) is 16.9 Å². The molecule has 0 saturated carbocycles. The van der Waals surface area contributed by atoms with Gasteiger partial charge in [-0.2, -0.15) is 10.2 Å². The van der Waals surface area contributed by atoms with Gasteiger partial charge in [-0.05, 0) is 45.4 Å². The van der Waals surface area contributed by atoms with Gasteiger partial charge in [0.15, 0.2) is 5.82 Å². The summed E-state index contributed by atoms with van der Waals surface area (Å²) in [6, 6.07) is 6.90. The number of hydrogen-bond donors (Lipinski definition) is 1. The highest BCUT2D eigenvalue weighted by Crippen LogP contribution is 2.28. The van der Waals surface area contributed by atoms with Gasteiger partial charge in [-0.1, -0.05) is 29.0 Å². The van der Waals surface area contributed by atoms with Crippen LogP contribution in [0.2, 0.25) is 5.02 Å². The molecule has 1 aromatic carbocycles. The molecular formula is C20H21ClFN7S. The summed E-state index contributed by atoms with van der Waals surface area (Å²) in [5.41, 5.74) is 3.29. The summed E-state index contributed by atoms with van der Waals surface area (Å²) in [5, 5.41) is 22.5. The Labute approximate surface area is 182 Å². The van der Waals surface area contributed by atoms with Crippen LogP contribution in [-0.4, -0.2) is 29.8 Å². The van der Waals surface area contributed by atoms with Crippen molar-refractivity contribution < 1.29 is 4.39 Å². The third-order valence-corrected chi connectivity index (χ3v) is 6.32. The molecular weight excluding hydrogens is 425 g/mol. The highest BCUT2D eigenvalue weighted by atomic mass is 35.5. The first-order chi connectivity index (χ1) is 14.3. The minimum Gasteiger partial charge on any atom is -0.313 e. The Balaban J connectivity index is 1.47. The fraction of sp³-hybridized carbons (Fsp3) is 0.300. The number of aromatic nitrogens is 6. The van der Waals surface area contributed by atoms with Gasteiger partial charge in [0, 0.05) is 23.5 Å². The van der Waals surface area contributed by atoms with Gasteiger partial charge in [-0.25, -0.2) is 4.39 Å². The van der Waals surface area contributed by atoms with Crippen LogP contribution < -0.4 is 5.32 Å². The normalized spacial score (nSPS) is 12.3. The molecule has 1 atom stereocenters. The minimum absolute atomic E-state index is 0.0178. The zero-order valence-electron chi connectivity index (χ0n) is 17.0. The Bertz CT molecular complexity index is 1200. The van der Waals surface area contributed by atoms with Crippen molar-refractivity contribution in [2.24, 2.45) is 0 Å². The van der Waals surface area contributed by atoms with Gasteiger partial charge in [-0.3, -0.25) is 9.36 Å². The Hall–Kier alpha value is -2.78. The lowest BCUT2D eigenvalue weighted by Crippen LogP contribution is -2.10. The standard InChI is InChI=1S/C20H21ClFN7S/c1-11-5-6-16(22)15(18(11)21)10-28-8-7-17(27-28)23-20-25-24-19(30-20)14(4)29-13(3)9-12(2)26-29/h5-9,14H,10H2,1-4H3,(H,23,25,27). The van der Waals surface area contributed by atoms with Crippen molar-refractivity contribution in [1.29, 1.82) is 0 Å². The van der Waals surface area contributed by atoms with Crippen molar-refractivity contribution in [3.8, 4) is 0 Å². The highest BCUT2D eigenvalue weighted by molar-refractivity contribution is 7.15. The summed E-state index contributed by atoms with van der Waals surface area (Å²) >= 11 is 7.70. The van der Waals surface area contributed by atoms with Crippen LogP contribution in [0.4, 0.5) is 15.3 Å². The fourth-order valence-electron chi connectivity index (χ4n) is 3.24. The number of hydrogen-bond acceptors (Lipinski definition) is 6. The lowest BCUT2D eigenvalue weighted by Gasteiger charge is -2.10. The van der Waals surface area contributed by atoms with Crippen LogP contribution in [0, 0.1) is 26.6 Å². The zero-order valence-corrected chi connectivity index (χ0v) is 18.6. The Morgan fingerprint density at radius 3 is 2.70 bits per heavy atom. The first-order valence-corrected chi connectivity index (χ1v) is 10.6. The summed E-state index contributed by atoms with van der Waals surface area (Å²) in [6.07, 6.45) is 1.76. The average molecular weight is 446 g/mol. The molecule has 0 spiro atoms. The van der Waals surface area contributed by atoms with Crippen molar-refractivity contribution in [1.82, 2.24) is 29.8 Å². The second kappa shape index (κ2) is 8.16. The molecule has 30 heavy (non-hydrogen) atoms. The first kappa shape index (κ1) is 20.5. The summed E-state index contributed by atoms with van der Waals surface area (Å²) < 4.78 is 17.7. The number of benzene rings is 1. The third-order valence-electron chi connectivity index (χ3n) is 4.78. The smallest absolute Gasteiger partial charge is 0.211 e. The van der Waals surface area contributed by atoms with Gasteiger partial charge in [0.05, 0.1) is 17.3 Å². The maximum Gasteiger partial charge on any atom is 0.211 e. The molecule has 4 rings (SSSR count). The van der Waals surface area contributed by atoms with Gasteiger partial charge >= 0.3 is 0 Å².